The third-order valence-corrected chi connectivity index (χ3v) is 3.95. The van der Waals surface area contributed by atoms with Crippen LogP contribution in [0.2, 0.25) is 0 Å². The van der Waals surface area contributed by atoms with E-state index in [1.807, 2.05) is 28.7 Å². The zero-order valence-electron chi connectivity index (χ0n) is 12.2. The van der Waals surface area contributed by atoms with Gasteiger partial charge in [0.2, 0.25) is 0 Å². The Morgan fingerprint density at radius 1 is 1.04 bits per heavy atom. The van der Waals surface area contributed by atoms with Crippen LogP contribution < -0.4 is 10.6 Å². The van der Waals surface area contributed by atoms with Crippen molar-refractivity contribution in [1.82, 2.24) is 5.32 Å². The Labute approximate surface area is 149 Å². The van der Waals surface area contributed by atoms with Crippen molar-refractivity contribution in [2.45, 2.75) is 12.7 Å². The number of hydrogen-bond donors (Lipinski definition) is 2. The summed E-state index contributed by atoms with van der Waals surface area (Å²) in [6.07, 6.45) is -4.95. The molecule has 0 aliphatic rings. The molecule has 0 aliphatic carbocycles. The molecule has 24 heavy (non-hydrogen) atoms. The SMILES string of the molecule is O=C(NCc1cccc(NC(=O)C(F)(F)F)c1)c1ccccc1I. The number of nitrogens with one attached hydrogen (secondary N) is 2. The molecular weight excluding hydrogens is 436 g/mol. The highest BCUT2D eigenvalue weighted by Gasteiger charge is 2.38. The Balaban J connectivity index is 2.01. The predicted molar refractivity (Wildman–Crippen MR) is 91.5 cm³/mol. The number of anilines is 1. The maximum Gasteiger partial charge on any atom is 0.471 e. The van der Waals surface area contributed by atoms with E-state index in [0.29, 0.717) is 11.1 Å². The first-order valence-corrected chi connectivity index (χ1v) is 7.85. The summed E-state index contributed by atoms with van der Waals surface area (Å²) in [7, 11) is 0. The van der Waals surface area contributed by atoms with Gasteiger partial charge < -0.3 is 10.6 Å². The number of rotatable bonds is 4. The molecule has 0 radical (unpaired) electrons. The lowest BCUT2D eigenvalue weighted by molar-refractivity contribution is -0.167. The maximum absolute atomic E-state index is 12.2. The van der Waals surface area contributed by atoms with Crippen LogP contribution in [0.4, 0.5) is 18.9 Å². The number of carbonyl (C=O) groups is 2. The minimum Gasteiger partial charge on any atom is -0.348 e. The van der Waals surface area contributed by atoms with Crippen molar-refractivity contribution in [2.75, 3.05) is 5.32 Å². The van der Waals surface area contributed by atoms with Gasteiger partial charge in [-0.1, -0.05) is 24.3 Å². The number of hydrogen-bond acceptors (Lipinski definition) is 2. The molecule has 2 amide bonds. The summed E-state index contributed by atoms with van der Waals surface area (Å²) in [5.74, 6) is -2.33. The van der Waals surface area contributed by atoms with E-state index in [1.165, 1.54) is 18.2 Å². The topological polar surface area (TPSA) is 58.2 Å². The van der Waals surface area contributed by atoms with E-state index in [4.69, 9.17) is 0 Å². The van der Waals surface area contributed by atoms with Gasteiger partial charge in [-0.25, -0.2) is 0 Å². The van der Waals surface area contributed by atoms with Crippen LogP contribution in [-0.4, -0.2) is 18.0 Å². The van der Waals surface area contributed by atoms with Crippen LogP contribution in [-0.2, 0) is 11.3 Å². The fraction of sp³-hybridized carbons (Fsp3) is 0.125. The molecule has 0 bridgehead atoms. The quantitative estimate of drug-likeness (QED) is 0.701. The molecule has 0 saturated heterocycles. The fourth-order valence-corrected chi connectivity index (χ4v) is 2.52. The first kappa shape index (κ1) is 18.2. The van der Waals surface area contributed by atoms with Gasteiger partial charge in [-0.2, -0.15) is 13.2 Å². The summed E-state index contributed by atoms with van der Waals surface area (Å²) in [6, 6.07) is 12.9. The van der Waals surface area contributed by atoms with Gasteiger partial charge in [0, 0.05) is 15.8 Å². The summed E-state index contributed by atoms with van der Waals surface area (Å²) in [4.78, 5) is 23.0. The van der Waals surface area contributed by atoms with Crippen molar-refractivity contribution >= 4 is 40.1 Å². The number of alkyl halides is 3. The second kappa shape index (κ2) is 7.65. The van der Waals surface area contributed by atoms with Crippen molar-refractivity contribution in [3.63, 3.8) is 0 Å². The van der Waals surface area contributed by atoms with Crippen molar-refractivity contribution < 1.29 is 22.8 Å². The molecule has 0 heterocycles. The van der Waals surface area contributed by atoms with E-state index < -0.39 is 12.1 Å². The first-order chi connectivity index (χ1) is 11.3. The molecule has 0 saturated carbocycles. The third-order valence-electron chi connectivity index (χ3n) is 3.01. The summed E-state index contributed by atoms with van der Waals surface area (Å²) >= 11 is 2.04. The molecule has 0 aromatic heterocycles. The molecule has 0 spiro atoms. The highest BCUT2D eigenvalue weighted by molar-refractivity contribution is 14.1. The van der Waals surface area contributed by atoms with Gasteiger partial charge in [0.05, 0.1) is 5.56 Å². The lowest BCUT2D eigenvalue weighted by Gasteiger charge is -2.10. The monoisotopic (exact) mass is 448 g/mol. The molecule has 0 atom stereocenters. The number of benzene rings is 2. The van der Waals surface area contributed by atoms with Crippen LogP contribution in [0.5, 0.6) is 0 Å². The molecule has 0 fully saturated rings. The standard InChI is InChI=1S/C16H12F3IN2O2/c17-16(18,19)15(24)22-11-5-3-4-10(8-11)9-21-14(23)12-6-1-2-7-13(12)20/h1-8H,9H2,(H,21,23)(H,22,24). The molecule has 126 valence electrons. The Hall–Kier alpha value is -2.10. The van der Waals surface area contributed by atoms with Gasteiger partial charge in [0.1, 0.15) is 0 Å². The number of carbonyl (C=O) groups excluding carboxylic acids is 2. The molecular formula is C16H12F3IN2O2. The van der Waals surface area contributed by atoms with Crippen LogP contribution in [0.1, 0.15) is 15.9 Å². The van der Waals surface area contributed by atoms with Gasteiger partial charge in [-0.3, -0.25) is 9.59 Å². The van der Waals surface area contributed by atoms with Gasteiger partial charge in [0.25, 0.3) is 5.91 Å². The molecule has 2 rings (SSSR count). The first-order valence-electron chi connectivity index (χ1n) is 6.77. The van der Waals surface area contributed by atoms with Crippen molar-refractivity contribution in [2.24, 2.45) is 0 Å². The fourth-order valence-electron chi connectivity index (χ4n) is 1.88. The van der Waals surface area contributed by atoms with E-state index in [9.17, 15) is 22.8 Å². The van der Waals surface area contributed by atoms with Gasteiger partial charge >= 0.3 is 12.1 Å². The molecule has 4 nitrogen and oxygen atoms in total. The van der Waals surface area contributed by atoms with E-state index in [-0.39, 0.29) is 18.1 Å². The van der Waals surface area contributed by atoms with Crippen LogP contribution in [0, 0.1) is 3.57 Å². The minimum atomic E-state index is -4.95. The largest absolute Gasteiger partial charge is 0.471 e. The van der Waals surface area contributed by atoms with Crippen LogP contribution >= 0.6 is 22.6 Å². The number of amides is 2. The smallest absolute Gasteiger partial charge is 0.348 e. The molecule has 8 heteroatoms. The van der Waals surface area contributed by atoms with Crippen molar-refractivity contribution in [3.05, 3.63) is 63.2 Å². The normalized spacial score (nSPS) is 11.0. The molecule has 0 aliphatic heterocycles. The lowest BCUT2D eigenvalue weighted by Crippen LogP contribution is -2.30. The molecule has 0 unspecified atom stereocenters. The van der Waals surface area contributed by atoms with Crippen LogP contribution in [0.3, 0.4) is 0 Å². The van der Waals surface area contributed by atoms with E-state index in [2.05, 4.69) is 5.32 Å². The third kappa shape index (κ3) is 4.95. The summed E-state index contributed by atoms with van der Waals surface area (Å²) < 4.78 is 37.5. The highest BCUT2D eigenvalue weighted by atomic mass is 127. The van der Waals surface area contributed by atoms with Gasteiger partial charge in [-0.05, 0) is 52.4 Å². The average molecular weight is 448 g/mol. The number of halogens is 4. The summed E-state index contributed by atoms with van der Waals surface area (Å²) in [5.41, 5.74) is 1.09. The zero-order chi connectivity index (χ0) is 17.7. The lowest BCUT2D eigenvalue weighted by atomic mass is 10.1. The van der Waals surface area contributed by atoms with E-state index >= 15 is 0 Å². The Bertz CT molecular complexity index is 763. The Kier molecular flexibility index (Phi) is 5.81. The Morgan fingerprint density at radius 2 is 1.75 bits per heavy atom. The maximum atomic E-state index is 12.2. The van der Waals surface area contributed by atoms with Gasteiger partial charge in [-0.15, -0.1) is 0 Å². The second-order valence-corrected chi connectivity index (χ2v) is 5.98. The van der Waals surface area contributed by atoms with Crippen molar-refractivity contribution in [1.29, 1.82) is 0 Å². The second-order valence-electron chi connectivity index (χ2n) is 4.81. The molecule has 2 aromatic rings. The van der Waals surface area contributed by atoms with E-state index in [1.54, 1.807) is 29.6 Å². The zero-order valence-corrected chi connectivity index (χ0v) is 14.3. The highest BCUT2D eigenvalue weighted by Crippen LogP contribution is 2.19. The van der Waals surface area contributed by atoms with Crippen molar-refractivity contribution in [3.8, 4) is 0 Å². The summed E-state index contributed by atoms with van der Waals surface area (Å²) in [6.45, 7) is 0.125. The van der Waals surface area contributed by atoms with E-state index in [0.717, 1.165) is 3.57 Å². The summed E-state index contributed by atoms with van der Waals surface area (Å²) in [5, 5.41) is 4.46. The van der Waals surface area contributed by atoms with Crippen LogP contribution in [0.15, 0.2) is 48.5 Å². The average Bonchev–Trinajstić information content (AvgIpc) is 2.52. The van der Waals surface area contributed by atoms with Gasteiger partial charge in [0.15, 0.2) is 0 Å². The molecule has 2 N–H and O–H groups in total. The van der Waals surface area contributed by atoms with Crippen LogP contribution in [0.25, 0.3) is 0 Å². The predicted octanol–water partition coefficient (Wildman–Crippen LogP) is 3.72. The minimum absolute atomic E-state index is 0.0124. The molecule has 2 aromatic carbocycles. The Morgan fingerprint density at radius 3 is 2.42 bits per heavy atom.